The molecule has 148 valence electrons. The quantitative estimate of drug-likeness (QED) is 0.694. The standard InChI is InChI=1S/C18H18N2O7S/c1-19-28(24,25)13-6-4-5-11(9-13)16(21)20-15-10-12(17(22)26-2)7-8-14(15)18(23)27-3/h4-10,19H,1-3H3,(H,20,21). The fourth-order valence-corrected chi connectivity index (χ4v) is 3.07. The molecule has 0 saturated carbocycles. The van der Waals surface area contributed by atoms with Crippen LogP contribution in [-0.2, 0) is 19.5 Å². The van der Waals surface area contributed by atoms with E-state index in [4.69, 9.17) is 0 Å². The minimum atomic E-state index is -3.74. The number of esters is 2. The molecular formula is C18H18N2O7S. The van der Waals surface area contributed by atoms with Crippen LogP contribution in [0.2, 0.25) is 0 Å². The Morgan fingerprint density at radius 3 is 2.18 bits per heavy atom. The lowest BCUT2D eigenvalue weighted by atomic mass is 10.1. The van der Waals surface area contributed by atoms with Gasteiger partial charge in [-0.05, 0) is 43.4 Å². The van der Waals surface area contributed by atoms with E-state index in [1.165, 1.54) is 63.7 Å². The Bertz CT molecular complexity index is 1030. The van der Waals surface area contributed by atoms with Crippen molar-refractivity contribution in [2.24, 2.45) is 0 Å². The third kappa shape index (κ3) is 4.53. The molecule has 0 aliphatic carbocycles. The molecule has 2 N–H and O–H groups in total. The molecule has 0 fully saturated rings. The lowest BCUT2D eigenvalue weighted by Gasteiger charge is -2.12. The summed E-state index contributed by atoms with van der Waals surface area (Å²) in [6, 6.07) is 9.27. The first-order chi connectivity index (χ1) is 13.2. The van der Waals surface area contributed by atoms with Crippen molar-refractivity contribution in [2.45, 2.75) is 4.90 Å². The maximum atomic E-state index is 12.6. The van der Waals surface area contributed by atoms with Gasteiger partial charge in [0.05, 0.1) is 35.9 Å². The topological polar surface area (TPSA) is 128 Å². The van der Waals surface area contributed by atoms with Crippen LogP contribution in [-0.4, -0.2) is 47.5 Å². The summed E-state index contributed by atoms with van der Waals surface area (Å²) < 4.78 is 35.3. The van der Waals surface area contributed by atoms with Gasteiger partial charge in [-0.1, -0.05) is 6.07 Å². The van der Waals surface area contributed by atoms with E-state index in [1.54, 1.807) is 0 Å². The van der Waals surface area contributed by atoms with Crippen molar-refractivity contribution >= 4 is 33.6 Å². The van der Waals surface area contributed by atoms with Gasteiger partial charge in [-0.2, -0.15) is 0 Å². The van der Waals surface area contributed by atoms with Crippen LogP contribution in [0.25, 0.3) is 0 Å². The summed E-state index contributed by atoms with van der Waals surface area (Å²) in [6.45, 7) is 0. The number of sulfonamides is 1. The largest absolute Gasteiger partial charge is 0.465 e. The molecular weight excluding hydrogens is 388 g/mol. The number of methoxy groups -OCH3 is 2. The van der Waals surface area contributed by atoms with Crippen molar-refractivity contribution in [1.82, 2.24) is 4.72 Å². The molecule has 0 unspecified atom stereocenters. The number of carbonyl (C=O) groups is 3. The van der Waals surface area contributed by atoms with Gasteiger partial charge >= 0.3 is 11.9 Å². The van der Waals surface area contributed by atoms with Crippen molar-refractivity contribution in [3.8, 4) is 0 Å². The third-order valence-corrected chi connectivity index (χ3v) is 5.18. The van der Waals surface area contributed by atoms with Crippen molar-refractivity contribution in [1.29, 1.82) is 0 Å². The zero-order valence-electron chi connectivity index (χ0n) is 15.3. The smallest absolute Gasteiger partial charge is 0.339 e. The molecule has 1 amide bonds. The van der Waals surface area contributed by atoms with Gasteiger partial charge in [-0.25, -0.2) is 22.7 Å². The SMILES string of the molecule is CNS(=O)(=O)c1cccc(C(=O)Nc2cc(C(=O)OC)ccc2C(=O)OC)c1. The molecule has 0 spiro atoms. The summed E-state index contributed by atoms with van der Waals surface area (Å²) in [5.41, 5.74) is 0.178. The molecule has 10 heteroatoms. The minimum absolute atomic E-state index is 0.0154. The Kier molecular flexibility index (Phi) is 6.49. The predicted octanol–water partition coefficient (Wildman–Crippen LogP) is 1.42. The summed E-state index contributed by atoms with van der Waals surface area (Å²) in [7, 11) is -0.115. The highest BCUT2D eigenvalue weighted by molar-refractivity contribution is 7.89. The average Bonchev–Trinajstić information content (AvgIpc) is 2.72. The highest BCUT2D eigenvalue weighted by Gasteiger charge is 2.19. The van der Waals surface area contributed by atoms with Crippen LogP contribution in [0.15, 0.2) is 47.4 Å². The number of amides is 1. The van der Waals surface area contributed by atoms with Gasteiger partial charge in [0.2, 0.25) is 10.0 Å². The number of ether oxygens (including phenoxy) is 2. The highest BCUT2D eigenvalue weighted by Crippen LogP contribution is 2.21. The first-order valence-corrected chi connectivity index (χ1v) is 9.37. The van der Waals surface area contributed by atoms with Crippen LogP contribution in [0.4, 0.5) is 5.69 Å². The first-order valence-electron chi connectivity index (χ1n) is 7.89. The Hall–Kier alpha value is -3.24. The Balaban J connectivity index is 2.43. The van der Waals surface area contributed by atoms with Crippen molar-refractivity contribution in [3.05, 3.63) is 59.2 Å². The van der Waals surface area contributed by atoms with Gasteiger partial charge in [0.15, 0.2) is 0 Å². The molecule has 0 heterocycles. The number of anilines is 1. The van der Waals surface area contributed by atoms with Crippen LogP contribution in [0.5, 0.6) is 0 Å². The molecule has 0 saturated heterocycles. The fraction of sp³-hybridized carbons (Fsp3) is 0.167. The maximum Gasteiger partial charge on any atom is 0.339 e. The molecule has 2 aromatic carbocycles. The zero-order valence-corrected chi connectivity index (χ0v) is 16.1. The Labute approximate surface area is 161 Å². The zero-order chi connectivity index (χ0) is 20.9. The molecule has 2 rings (SSSR count). The summed E-state index contributed by atoms with van der Waals surface area (Å²) >= 11 is 0. The monoisotopic (exact) mass is 406 g/mol. The van der Waals surface area contributed by atoms with Crippen LogP contribution in [0.3, 0.4) is 0 Å². The normalized spacial score (nSPS) is 10.8. The Morgan fingerprint density at radius 2 is 1.57 bits per heavy atom. The average molecular weight is 406 g/mol. The molecule has 0 aliphatic heterocycles. The van der Waals surface area contributed by atoms with Crippen molar-refractivity contribution in [3.63, 3.8) is 0 Å². The third-order valence-electron chi connectivity index (χ3n) is 3.77. The summed E-state index contributed by atoms with van der Waals surface area (Å²) in [6.07, 6.45) is 0. The fourth-order valence-electron chi connectivity index (χ4n) is 2.30. The minimum Gasteiger partial charge on any atom is -0.465 e. The number of carbonyl (C=O) groups excluding carboxylic acids is 3. The van der Waals surface area contributed by atoms with Crippen LogP contribution < -0.4 is 10.0 Å². The van der Waals surface area contributed by atoms with E-state index in [0.29, 0.717) is 0 Å². The second-order valence-electron chi connectivity index (χ2n) is 5.43. The van der Waals surface area contributed by atoms with E-state index in [1.807, 2.05) is 0 Å². The number of benzene rings is 2. The van der Waals surface area contributed by atoms with Crippen molar-refractivity contribution < 1.29 is 32.3 Å². The van der Waals surface area contributed by atoms with E-state index in [2.05, 4.69) is 19.5 Å². The molecule has 0 aromatic heterocycles. The summed E-state index contributed by atoms with van der Waals surface area (Å²) in [4.78, 5) is 36.2. The molecule has 0 aliphatic rings. The number of rotatable bonds is 6. The van der Waals surface area contributed by atoms with Gasteiger partial charge in [-0.15, -0.1) is 0 Å². The molecule has 28 heavy (non-hydrogen) atoms. The number of hydrogen-bond acceptors (Lipinski definition) is 7. The van der Waals surface area contributed by atoms with Crippen molar-refractivity contribution in [2.75, 3.05) is 26.6 Å². The van der Waals surface area contributed by atoms with E-state index in [0.717, 1.165) is 0 Å². The second-order valence-corrected chi connectivity index (χ2v) is 7.32. The molecule has 9 nitrogen and oxygen atoms in total. The van der Waals surface area contributed by atoms with E-state index < -0.39 is 27.9 Å². The molecule has 2 aromatic rings. The van der Waals surface area contributed by atoms with E-state index in [9.17, 15) is 22.8 Å². The second kappa shape index (κ2) is 8.63. The molecule has 0 bridgehead atoms. The van der Waals surface area contributed by atoms with Gasteiger partial charge in [0, 0.05) is 5.56 Å². The van der Waals surface area contributed by atoms with Crippen LogP contribution in [0.1, 0.15) is 31.1 Å². The lowest BCUT2D eigenvalue weighted by Crippen LogP contribution is -2.20. The Morgan fingerprint density at radius 1 is 0.893 bits per heavy atom. The number of hydrogen-bond donors (Lipinski definition) is 2. The molecule has 0 radical (unpaired) electrons. The van der Waals surface area contributed by atoms with Gasteiger partial charge < -0.3 is 14.8 Å². The van der Waals surface area contributed by atoms with Gasteiger partial charge in [-0.3, -0.25) is 4.79 Å². The summed E-state index contributed by atoms with van der Waals surface area (Å²) in [5, 5.41) is 2.50. The van der Waals surface area contributed by atoms with Crippen LogP contribution >= 0.6 is 0 Å². The van der Waals surface area contributed by atoms with E-state index in [-0.39, 0.29) is 27.3 Å². The van der Waals surface area contributed by atoms with Crippen LogP contribution in [0, 0.1) is 0 Å². The first kappa shape index (κ1) is 21.1. The maximum absolute atomic E-state index is 12.6. The highest BCUT2D eigenvalue weighted by atomic mass is 32.2. The van der Waals surface area contributed by atoms with Gasteiger partial charge in [0.1, 0.15) is 0 Å². The predicted molar refractivity (Wildman–Crippen MR) is 99.8 cm³/mol. The number of nitrogens with one attached hydrogen (secondary N) is 2. The lowest BCUT2D eigenvalue weighted by molar-refractivity contribution is 0.0587. The van der Waals surface area contributed by atoms with E-state index >= 15 is 0 Å². The van der Waals surface area contributed by atoms with Gasteiger partial charge in [0.25, 0.3) is 5.91 Å². The summed E-state index contributed by atoms with van der Waals surface area (Å²) in [5.74, 6) is -2.06. The molecule has 0 atom stereocenters.